The number of carbonyl (C=O) groups is 1. The number of aryl methyl sites for hydroxylation is 1. The molecule has 0 aliphatic carbocycles. The van der Waals surface area contributed by atoms with Gasteiger partial charge in [0.1, 0.15) is 10.0 Å². The number of halogens is 3. The van der Waals surface area contributed by atoms with Crippen molar-refractivity contribution in [3.8, 4) is 0 Å². The fourth-order valence-electron chi connectivity index (χ4n) is 2.15. The molecule has 0 N–H and O–H groups in total. The van der Waals surface area contributed by atoms with Gasteiger partial charge in [0.2, 0.25) is 0 Å². The summed E-state index contributed by atoms with van der Waals surface area (Å²) in [5.41, 5.74) is 0.316. The Morgan fingerprint density at radius 1 is 1.58 bits per heavy atom. The third-order valence-corrected chi connectivity index (χ3v) is 4.25. The molecule has 2 rings (SSSR count). The molecule has 1 fully saturated rings. The van der Waals surface area contributed by atoms with Crippen molar-refractivity contribution in [3.63, 3.8) is 0 Å². The molecule has 0 unspecified atom stereocenters. The first-order chi connectivity index (χ1) is 8.87. The molecule has 0 bridgehead atoms. The Bertz CT molecular complexity index is 478. The monoisotopic (exact) mass is 308 g/mol. The Hall–Kier alpha value is -0.590. The standard InChI is InChI=1S/C12H15ClF2N2OS/c1-8-16-10(11(13)19-8)9(18)3-2-5-17-6-4-12(14,15)7-17/h2-7H2,1H3. The van der Waals surface area contributed by atoms with Gasteiger partial charge in [-0.3, -0.25) is 9.69 Å². The molecule has 19 heavy (non-hydrogen) atoms. The molecular formula is C12H15ClF2N2OS. The van der Waals surface area contributed by atoms with Gasteiger partial charge in [0.25, 0.3) is 5.92 Å². The molecule has 1 saturated heterocycles. The van der Waals surface area contributed by atoms with Crippen LogP contribution < -0.4 is 0 Å². The van der Waals surface area contributed by atoms with Crippen molar-refractivity contribution in [2.45, 2.75) is 32.1 Å². The molecule has 0 amide bonds. The second-order valence-electron chi connectivity index (χ2n) is 4.76. The summed E-state index contributed by atoms with van der Waals surface area (Å²) in [4.78, 5) is 17.7. The Labute approximate surface area is 119 Å². The molecule has 2 heterocycles. The Balaban J connectivity index is 1.77. The fraction of sp³-hybridized carbons (Fsp3) is 0.667. The molecule has 1 aromatic heterocycles. The van der Waals surface area contributed by atoms with Crippen molar-refractivity contribution in [1.29, 1.82) is 0 Å². The van der Waals surface area contributed by atoms with Crippen molar-refractivity contribution in [2.75, 3.05) is 19.6 Å². The molecule has 0 spiro atoms. The average molecular weight is 309 g/mol. The van der Waals surface area contributed by atoms with Crippen molar-refractivity contribution < 1.29 is 13.6 Å². The predicted molar refractivity (Wildman–Crippen MR) is 71.4 cm³/mol. The molecule has 7 heteroatoms. The third kappa shape index (κ3) is 3.94. The van der Waals surface area contributed by atoms with Crippen LogP contribution in [0.4, 0.5) is 8.78 Å². The van der Waals surface area contributed by atoms with E-state index < -0.39 is 5.92 Å². The number of Topliss-reactive ketones (excluding diaryl/α,β-unsaturated/α-hetero) is 1. The van der Waals surface area contributed by atoms with E-state index in [4.69, 9.17) is 11.6 Å². The van der Waals surface area contributed by atoms with Crippen LogP contribution >= 0.6 is 22.9 Å². The van der Waals surface area contributed by atoms with Crippen LogP contribution in [0.15, 0.2) is 0 Å². The van der Waals surface area contributed by atoms with Crippen molar-refractivity contribution in [1.82, 2.24) is 9.88 Å². The molecule has 1 aliphatic heterocycles. The zero-order chi connectivity index (χ0) is 14.0. The summed E-state index contributed by atoms with van der Waals surface area (Å²) in [6, 6.07) is 0. The van der Waals surface area contributed by atoms with Gasteiger partial charge in [-0.1, -0.05) is 11.6 Å². The average Bonchev–Trinajstić information content (AvgIpc) is 2.81. The van der Waals surface area contributed by atoms with Crippen molar-refractivity contribution in [3.05, 3.63) is 15.0 Å². The highest BCUT2D eigenvalue weighted by molar-refractivity contribution is 7.16. The first kappa shape index (κ1) is 14.8. The second-order valence-corrected chi connectivity index (χ2v) is 6.57. The normalized spacial score (nSPS) is 18.9. The fourth-order valence-corrected chi connectivity index (χ4v) is 3.29. The molecule has 3 nitrogen and oxygen atoms in total. The Morgan fingerprint density at radius 2 is 2.32 bits per heavy atom. The van der Waals surface area contributed by atoms with E-state index >= 15 is 0 Å². The lowest BCUT2D eigenvalue weighted by Crippen LogP contribution is -2.26. The van der Waals surface area contributed by atoms with Gasteiger partial charge >= 0.3 is 0 Å². The highest BCUT2D eigenvalue weighted by Crippen LogP contribution is 2.27. The van der Waals surface area contributed by atoms with E-state index in [1.54, 1.807) is 11.8 Å². The highest BCUT2D eigenvalue weighted by atomic mass is 35.5. The zero-order valence-corrected chi connectivity index (χ0v) is 12.2. The van der Waals surface area contributed by atoms with Gasteiger partial charge in [-0.25, -0.2) is 13.8 Å². The van der Waals surface area contributed by atoms with E-state index in [0.717, 1.165) is 5.01 Å². The molecule has 0 saturated carbocycles. The first-order valence-electron chi connectivity index (χ1n) is 6.14. The largest absolute Gasteiger partial charge is 0.297 e. The second kappa shape index (κ2) is 5.81. The summed E-state index contributed by atoms with van der Waals surface area (Å²) in [6.07, 6.45) is 0.769. The van der Waals surface area contributed by atoms with E-state index in [0.29, 0.717) is 36.0 Å². The van der Waals surface area contributed by atoms with Crippen LogP contribution in [-0.2, 0) is 0 Å². The van der Waals surface area contributed by atoms with Crippen LogP contribution in [0.2, 0.25) is 4.34 Å². The number of likely N-dealkylation sites (tertiary alicyclic amines) is 1. The summed E-state index contributed by atoms with van der Waals surface area (Å²) in [5.74, 6) is -2.68. The minimum Gasteiger partial charge on any atom is -0.297 e. The highest BCUT2D eigenvalue weighted by Gasteiger charge is 2.37. The first-order valence-corrected chi connectivity index (χ1v) is 7.33. The maximum Gasteiger partial charge on any atom is 0.261 e. The van der Waals surface area contributed by atoms with E-state index in [1.165, 1.54) is 11.3 Å². The predicted octanol–water partition coefficient (Wildman–Crippen LogP) is 3.41. The van der Waals surface area contributed by atoms with Crippen LogP contribution in [0.1, 0.15) is 34.8 Å². The van der Waals surface area contributed by atoms with E-state index in [-0.39, 0.29) is 18.7 Å². The number of hydrogen-bond donors (Lipinski definition) is 0. The van der Waals surface area contributed by atoms with E-state index in [2.05, 4.69) is 4.98 Å². The van der Waals surface area contributed by atoms with Crippen LogP contribution in [0.5, 0.6) is 0 Å². The van der Waals surface area contributed by atoms with E-state index in [9.17, 15) is 13.6 Å². The molecule has 0 aromatic carbocycles. The quantitative estimate of drug-likeness (QED) is 0.782. The lowest BCUT2D eigenvalue weighted by Gasteiger charge is -2.14. The molecular weight excluding hydrogens is 294 g/mol. The van der Waals surface area contributed by atoms with Crippen LogP contribution in [-0.4, -0.2) is 41.2 Å². The zero-order valence-electron chi connectivity index (χ0n) is 10.6. The number of aromatic nitrogens is 1. The summed E-state index contributed by atoms with van der Waals surface area (Å²) >= 11 is 7.19. The van der Waals surface area contributed by atoms with Crippen molar-refractivity contribution >= 4 is 28.7 Å². The van der Waals surface area contributed by atoms with Crippen molar-refractivity contribution in [2.24, 2.45) is 0 Å². The number of thiazole rings is 1. The molecule has 106 valence electrons. The third-order valence-electron chi connectivity index (χ3n) is 3.08. The topological polar surface area (TPSA) is 33.2 Å². The summed E-state index contributed by atoms with van der Waals surface area (Å²) < 4.78 is 26.3. The smallest absolute Gasteiger partial charge is 0.261 e. The number of ketones is 1. The van der Waals surface area contributed by atoms with Crippen LogP contribution in [0.3, 0.4) is 0 Å². The van der Waals surface area contributed by atoms with Gasteiger partial charge < -0.3 is 0 Å². The van der Waals surface area contributed by atoms with Gasteiger partial charge in [0.15, 0.2) is 5.78 Å². The van der Waals surface area contributed by atoms with Crippen LogP contribution in [0.25, 0.3) is 0 Å². The Morgan fingerprint density at radius 3 is 2.84 bits per heavy atom. The van der Waals surface area contributed by atoms with Crippen LogP contribution in [0, 0.1) is 6.92 Å². The molecule has 1 aliphatic rings. The lowest BCUT2D eigenvalue weighted by molar-refractivity contribution is 0.0122. The molecule has 1 aromatic rings. The summed E-state index contributed by atoms with van der Waals surface area (Å²) in [6.45, 7) is 2.51. The number of rotatable bonds is 5. The Kier molecular flexibility index (Phi) is 4.53. The van der Waals surface area contributed by atoms with Gasteiger partial charge in [-0.05, 0) is 19.9 Å². The number of carbonyl (C=O) groups excluding carboxylic acids is 1. The van der Waals surface area contributed by atoms with Gasteiger partial charge in [0.05, 0.1) is 11.6 Å². The summed E-state index contributed by atoms with van der Waals surface area (Å²) in [7, 11) is 0. The number of nitrogens with zero attached hydrogens (tertiary/aromatic N) is 2. The molecule has 0 atom stereocenters. The van der Waals surface area contributed by atoms with Gasteiger partial charge in [-0.2, -0.15) is 0 Å². The minimum atomic E-state index is -2.57. The van der Waals surface area contributed by atoms with Gasteiger partial charge in [0, 0.05) is 19.4 Å². The summed E-state index contributed by atoms with van der Waals surface area (Å²) in [5, 5.41) is 0.757. The maximum atomic E-state index is 13.0. The van der Waals surface area contributed by atoms with E-state index in [1.807, 2.05) is 0 Å². The molecule has 0 radical (unpaired) electrons. The maximum absolute atomic E-state index is 13.0. The SMILES string of the molecule is Cc1nc(C(=O)CCCN2CCC(F)(F)C2)c(Cl)s1. The number of hydrogen-bond acceptors (Lipinski definition) is 4. The number of alkyl halides is 2. The lowest BCUT2D eigenvalue weighted by atomic mass is 10.2. The minimum absolute atomic E-state index is 0.0853. The van der Waals surface area contributed by atoms with Gasteiger partial charge in [-0.15, -0.1) is 11.3 Å².